The molecule has 0 spiro atoms. The molecular formula is C50H34. The van der Waals surface area contributed by atoms with Gasteiger partial charge in [0.1, 0.15) is 0 Å². The largest absolute Gasteiger partial charge is 0.0622 e. The molecule has 0 atom stereocenters. The van der Waals surface area contributed by atoms with Gasteiger partial charge in [-0.1, -0.05) is 182 Å². The lowest BCUT2D eigenvalue weighted by molar-refractivity contribution is 1.58. The third kappa shape index (κ3) is 5.68. The van der Waals surface area contributed by atoms with Crippen molar-refractivity contribution >= 4 is 21.5 Å². The molecule has 9 rings (SSSR count). The molecule has 9 aromatic carbocycles. The predicted octanol–water partition coefficient (Wildman–Crippen LogP) is 14.0. The van der Waals surface area contributed by atoms with E-state index in [9.17, 15) is 0 Å². The van der Waals surface area contributed by atoms with Gasteiger partial charge in [0.05, 0.1) is 0 Å². The first kappa shape index (κ1) is 29.6. The Kier molecular flexibility index (Phi) is 7.61. The average molecular weight is 635 g/mol. The molecule has 0 aliphatic rings. The van der Waals surface area contributed by atoms with Crippen molar-refractivity contribution in [2.24, 2.45) is 0 Å². The van der Waals surface area contributed by atoms with Crippen molar-refractivity contribution in [3.05, 3.63) is 206 Å². The molecule has 0 aliphatic heterocycles. The van der Waals surface area contributed by atoms with E-state index in [0.29, 0.717) is 0 Å². The fraction of sp³-hybridized carbons (Fsp3) is 0. The molecule has 0 saturated carbocycles. The summed E-state index contributed by atoms with van der Waals surface area (Å²) in [5.74, 6) is 0. The lowest BCUT2D eigenvalue weighted by Gasteiger charge is -2.14. The molecule has 50 heavy (non-hydrogen) atoms. The zero-order valence-electron chi connectivity index (χ0n) is 27.6. The van der Waals surface area contributed by atoms with E-state index >= 15 is 0 Å². The van der Waals surface area contributed by atoms with Crippen LogP contribution in [0.2, 0.25) is 0 Å². The smallest absolute Gasteiger partial charge is 0.00992 e. The Hall–Kier alpha value is -6.50. The maximum Gasteiger partial charge on any atom is -0.00992 e. The maximum absolute atomic E-state index is 2.35. The lowest BCUT2D eigenvalue weighted by Crippen LogP contribution is -1.88. The third-order valence-electron chi connectivity index (χ3n) is 9.88. The second-order valence-corrected chi connectivity index (χ2v) is 13.0. The van der Waals surface area contributed by atoms with Crippen LogP contribution in [0.4, 0.5) is 0 Å². The van der Waals surface area contributed by atoms with Gasteiger partial charge in [0.15, 0.2) is 0 Å². The highest BCUT2D eigenvalue weighted by Gasteiger charge is 2.12. The van der Waals surface area contributed by atoms with Gasteiger partial charge in [-0.05, 0) is 113 Å². The molecule has 9 aromatic rings. The summed E-state index contributed by atoms with van der Waals surface area (Å²) in [7, 11) is 0. The van der Waals surface area contributed by atoms with Crippen molar-refractivity contribution in [3.8, 4) is 66.8 Å². The highest BCUT2D eigenvalue weighted by Crippen LogP contribution is 2.38. The van der Waals surface area contributed by atoms with Gasteiger partial charge in [-0.3, -0.25) is 0 Å². The minimum Gasteiger partial charge on any atom is -0.0622 e. The van der Waals surface area contributed by atoms with Gasteiger partial charge in [0, 0.05) is 0 Å². The second kappa shape index (κ2) is 12.8. The number of rotatable bonds is 6. The zero-order chi connectivity index (χ0) is 33.3. The molecule has 0 amide bonds. The molecule has 0 fully saturated rings. The lowest BCUT2D eigenvalue weighted by atomic mass is 9.90. The molecule has 0 aromatic heterocycles. The van der Waals surface area contributed by atoms with E-state index in [1.165, 1.54) is 88.3 Å². The average Bonchev–Trinajstić information content (AvgIpc) is 3.21. The SMILES string of the molecule is c1ccc(-c2ccc(-c3cc(-c4ccc(-c5cc(-c6ccc(-c7ccccc7)cc6)c6ccccc6c5)cc4)cc4ccccc34)cc2)cc1. The van der Waals surface area contributed by atoms with E-state index in [-0.39, 0.29) is 0 Å². The monoisotopic (exact) mass is 634 g/mol. The highest BCUT2D eigenvalue weighted by atomic mass is 14.2. The predicted molar refractivity (Wildman–Crippen MR) is 214 cm³/mol. The molecule has 234 valence electrons. The van der Waals surface area contributed by atoms with E-state index in [4.69, 9.17) is 0 Å². The van der Waals surface area contributed by atoms with Crippen LogP contribution in [-0.4, -0.2) is 0 Å². The molecule has 0 nitrogen and oxygen atoms in total. The summed E-state index contributed by atoms with van der Waals surface area (Å²) in [4.78, 5) is 0. The zero-order valence-corrected chi connectivity index (χ0v) is 27.6. The van der Waals surface area contributed by atoms with Crippen LogP contribution < -0.4 is 0 Å². The molecule has 0 unspecified atom stereocenters. The highest BCUT2D eigenvalue weighted by molar-refractivity contribution is 6.02. The minimum absolute atomic E-state index is 1.21. The van der Waals surface area contributed by atoms with E-state index in [0.717, 1.165) is 0 Å². The van der Waals surface area contributed by atoms with Crippen molar-refractivity contribution in [3.63, 3.8) is 0 Å². The molecule has 0 heteroatoms. The first-order valence-electron chi connectivity index (χ1n) is 17.2. The van der Waals surface area contributed by atoms with Crippen molar-refractivity contribution in [2.45, 2.75) is 0 Å². The van der Waals surface area contributed by atoms with Gasteiger partial charge in [-0.15, -0.1) is 0 Å². The Morgan fingerprint density at radius 2 is 0.460 bits per heavy atom. The maximum atomic E-state index is 2.35. The van der Waals surface area contributed by atoms with Crippen molar-refractivity contribution in [1.29, 1.82) is 0 Å². The molecule has 0 radical (unpaired) electrons. The van der Waals surface area contributed by atoms with Gasteiger partial charge in [-0.25, -0.2) is 0 Å². The summed E-state index contributed by atoms with van der Waals surface area (Å²) in [6.45, 7) is 0. The normalized spacial score (nSPS) is 11.2. The van der Waals surface area contributed by atoms with E-state index < -0.39 is 0 Å². The molecule has 0 heterocycles. The van der Waals surface area contributed by atoms with Crippen LogP contribution in [-0.2, 0) is 0 Å². The Labute approximate surface area is 293 Å². The van der Waals surface area contributed by atoms with Gasteiger partial charge in [0.25, 0.3) is 0 Å². The number of benzene rings is 9. The van der Waals surface area contributed by atoms with Crippen LogP contribution in [0.1, 0.15) is 0 Å². The molecule has 0 saturated heterocycles. The summed E-state index contributed by atoms with van der Waals surface area (Å²) in [6, 6.07) is 74.9. The summed E-state index contributed by atoms with van der Waals surface area (Å²) >= 11 is 0. The van der Waals surface area contributed by atoms with Crippen LogP contribution in [0.25, 0.3) is 88.3 Å². The van der Waals surface area contributed by atoms with Crippen LogP contribution in [0, 0.1) is 0 Å². The van der Waals surface area contributed by atoms with Gasteiger partial charge >= 0.3 is 0 Å². The number of hydrogen-bond acceptors (Lipinski definition) is 0. The van der Waals surface area contributed by atoms with Gasteiger partial charge in [0.2, 0.25) is 0 Å². The Morgan fingerprint density at radius 3 is 0.840 bits per heavy atom. The van der Waals surface area contributed by atoms with Crippen molar-refractivity contribution in [2.75, 3.05) is 0 Å². The van der Waals surface area contributed by atoms with Crippen molar-refractivity contribution < 1.29 is 0 Å². The third-order valence-corrected chi connectivity index (χ3v) is 9.88. The molecule has 0 N–H and O–H groups in total. The first-order valence-corrected chi connectivity index (χ1v) is 17.2. The Morgan fingerprint density at radius 1 is 0.180 bits per heavy atom. The fourth-order valence-electron chi connectivity index (χ4n) is 7.23. The molecule has 0 bridgehead atoms. The van der Waals surface area contributed by atoms with E-state index in [2.05, 4.69) is 206 Å². The summed E-state index contributed by atoms with van der Waals surface area (Å²) in [5, 5.41) is 5.02. The fourth-order valence-corrected chi connectivity index (χ4v) is 7.23. The van der Waals surface area contributed by atoms with Gasteiger partial charge < -0.3 is 0 Å². The van der Waals surface area contributed by atoms with Gasteiger partial charge in [-0.2, -0.15) is 0 Å². The minimum atomic E-state index is 1.21. The van der Waals surface area contributed by atoms with Crippen LogP contribution in [0.5, 0.6) is 0 Å². The molecule has 0 aliphatic carbocycles. The number of hydrogen-bond donors (Lipinski definition) is 0. The van der Waals surface area contributed by atoms with E-state index in [1.54, 1.807) is 0 Å². The summed E-state index contributed by atoms with van der Waals surface area (Å²) in [5.41, 5.74) is 14.7. The Balaban J connectivity index is 1.07. The molecular weight excluding hydrogens is 601 g/mol. The van der Waals surface area contributed by atoms with Crippen LogP contribution >= 0.6 is 0 Å². The van der Waals surface area contributed by atoms with Crippen LogP contribution in [0.3, 0.4) is 0 Å². The quantitative estimate of drug-likeness (QED) is 0.171. The Bertz CT molecular complexity index is 2390. The first-order chi connectivity index (χ1) is 24.8. The van der Waals surface area contributed by atoms with E-state index in [1.807, 2.05) is 0 Å². The van der Waals surface area contributed by atoms with Crippen LogP contribution in [0.15, 0.2) is 206 Å². The number of fused-ring (bicyclic) bond motifs is 2. The summed E-state index contributed by atoms with van der Waals surface area (Å²) < 4.78 is 0. The second-order valence-electron chi connectivity index (χ2n) is 13.0. The topological polar surface area (TPSA) is 0 Å². The standard InChI is InChI=1S/C50H34/c1-3-11-35(12-4-1)37-23-27-41(28-24-37)49-33-45(31-43-15-7-9-17-47(43)49)39-19-21-40(22-20-39)46-32-44-16-8-10-18-48(44)50(34-46)42-29-25-38(26-30-42)36-13-5-2-6-14-36/h1-34H. The van der Waals surface area contributed by atoms with Crippen molar-refractivity contribution in [1.82, 2.24) is 0 Å². The summed E-state index contributed by atoms with van der Waals surface area (Å²) in [6.07, 6.45) is 0.